The Labute approximate surface area is 168 Å². The molecular weight excluding hydrogens is 372 g/mol. The highest BCUT2D eigenvalue weighted by Crippen LogP contribution is 2.20. The maximum absolute atomic E-state index is 12.1. The summed E-state index contributed by atoms with van der Waals surface area (Å²) in [5, 5.41) is 21.4. The van der Waals surface area contributed by atoms with Crippen molar-refractivity contribution < 1.29 is 24.6 Å². The van der Waals surface area contributed by atoms with Crippen LogP contribution in [-0.4, -0.2) is 34.0 Å². The molecule has 2 aromatic carbocycles. The fourth-order valence-corrected chi connectivity index (χ4v) is 2.93. The molecule has 0 aromatic heterocycles. The van der Waals surface area contributed by atoms with Crippen LogP contribution in [0.1, 0.15) is 18.9 Å². The van der Waals surface area contributed by atoms with Crippen molar-refractivity contribution >= 4 is 17.8 Å². The minimum atomic E-state index is -0.986. The van der Waals surface area contributed by atoms with Gasteiger partial charge in [0.1, 0.15) is 0 Å². The molecule has 0 aliphatic rings. The second-order valence-electron chi connectivity index (χ2n) is 6.84. The maximum Gasteiger partial charge on any atom is 0.306 e. The summed E-state index contributed by atoms with van der Waals surface area (Å²) in [4.78, 5) is 34.1. The Hall–Kier alpha value is -3.61. The first-order valence-corrected chi connectivity index (χ1v) is 9.14. The molecular formula is C22H24N2O5. The van der Waals surface area contributed by atoms with Gasteiger partial charge in [-0.1, -0.05) is 61.5 Å². The summed E-state index contributed by atoms with van der Waals surface area (Å²) in [7, 11) is 0. The predicted octanol–water partition coefficient (Wildman–Crippen LogP) is 2.42. The van der Waals surface area contributed by atoms with Crippen LogP contribution >= 0.6 is 0 Å². The van der Waals surface area contributed by atoms with Gasteiger partial charge < -0.3 is 21.3 Å². The summed E-state index contributed by atoms with van der Waals surface area (Å²) in [5.74, 6) is -4.34. The Morgan fingerprint density at radius 1 is 1.00 bits per heavy atom. The SMILES string of the molecule is C[C@H](C[C@@H](Cc1ccc(-c2ccccc2)cc1)NC(=O)/C(O)=C/C(N)=O)C(=O)O. The van der Waals surface area contributed by atoms with Crippen LogP contribution in [0.2, 0.25) is 0 Å². The summed E-state index contributed by atoms with van der Waals surface area (Å²) in [5.41, 5.74) is 7.94. The van der Waals surface area contributed by atoms with Gasteiger partial charge in [0, 0.05) is 6.04 Å². The maximum atomic E-state index is 12.1. The smallest absolute Gasteiger partial charge is 0.306 e. The summed E-state index contributed by atoms with van der Waals surface area (Å²) in [6, 6.07) is 17.0. The van der Waals surface area contributed by atoms with Crippen LogP contribution in [0, 0.1) is 5.92 Å². The number of amides is 2. The zero-order valence-electron chi connectivity index (χ0n) is 16.0. The summed E-state index contributed by atoms with van der Waals surface area (Å²) in [6.45, 7) is 1.54. The highest BCUT2D eigenvalue weighted by Gasteiger charge is 2.22. The number of hydrogen-bond acceptors (Lipinski definition) is 4. The van der Waals surface area contributed by atoms with Crippen molar-refractivity contribution in [2.75, 3.05) is 0 Å². The molecule has 0 spiro atoms. The molecule has 0 aliphatic heterocycles. The highest BCUT2D eigenvalue weighted by molar-refractivity contribution is 5.98. The summed E-state index contributed by atoms with van der Waals surface area (Å²) < 4.78 is 0. The van der Waals surface area contributed by atoms with E-state index in [0.717, 1.165) is 16.7 Å². The number of nitrogens with two attached hydrogens (primary N) is 1. The van der Waals surface area contributed by atoms with Crippen molar-refractivity contribution in [1.29, 1.82) is 0 Å². The number of aliphatic hydroxyl groups excluding tert-OH is 1. The molecule has 5 N–H and O–H groups in total. The number of carboxylic acids is 1. The number of benzene rings is 2. The Bertz CT molecular complexity index is 891. The highest BCUT2D eigenvalue weighted by atomic mass is 16.4. The Morgan fingerprint density at radius 3 is 2.14 bits per heavy atom. The number of primary amides is 1. The van der Waals surface area contributed by atoms with Gasteiger partial charge in [0.25, 0.3) is 5.91 Å². The van der Waals surface area contributed by atoms with Crippen LogP contribution in [0.3, 0.4) is 0 Å². The van der Waals surface area contributed by atoms with Gasteiger partial charge in [0.2, 0.25) is 5.91 Å². The van der Waals surface area contributed by atoms with Crippen LogP contribution < -0.4 is 11.1 Å². The molecule has 0 bridgehead atoms. The zero-order chi connectivity index (χ0) is 21.4. The number of aliphatic hydroxyl groups is 1. The number of nitrogens with one attached hydrogen (secondary N) is 1. The molecule has 0 heterocycles. The molecule has 2 amide bonds. The first kappa shape index (κ1) is 21.7. The molecule has 152 valence electrons. The molecule has 0 saturated carbocycles. The van der Waals surface area contributed by atoms with Gasteiger partial charge in [-0.3, -0.25) is 14.4 Å². The van der Waals surface area contributed by atoms with E-state index in [9.17, 15) is 24.6 Å². The summed E-state index contributed by atoms with van der Waals surface area (Å²) >= 11 is 0. The lowest BCUT2D eigenvalue weighted by molar-refractivity contribution is -0.141. The molecule has 29 heavy (non-hydrogen) atoms. The van der Waals surface area contributed by atoms with Gasteiger partial charge in [0.05, 0.1) is 12.0 Å². The van der Waals surface area contributed by atoms with E-state index in [2.05, 4.69) is 5.32 Å². The Balaban J connectivity index is 2.15. The quantitative estimate of drug-likeness (QED) is 0.382. The monoisotopic (exact) mass is 396 g/mol. The first-order chi connectivity index (χ1) is 13.8. The largest absolute Gasteiger partial charge is 0.503 e. The summed E-state index contributed by atoms with van der Waals surface area (Å²) in [6.07, 6.45) is 1.13. The van der Waals surface area contributed by atoms with E-state index in [4.69, 9.17) is 5.73 Å². The molecule has 0 unspecified atom stereocenters. The molecule has 0 aliphatic carbocycles. The number of carboxylic acid groups (broad SMARTS) is 1. The average Bonchev–Trinajstić information content (AvgIpc) is 2.68. The van der Waals surface area contributed by atoms with Gasteiger partial charge in [-0.05, 0) is 29.5 Å². The van der Waals surface area contributed by atoms with Crippen molar-refractivity contribution in [3.8, 4) is 11.1 Å². The Kier molecular flexibility index (Phi) is 7.54. The number of carbonyl (C=O) groups excluding carboxylic acids is 2. The third-order valence-corrected chi connectivity index (χ3v) is 4.45. The first-order valence-electron chi connectivity index (χ1n) is 9.14. The standard InChI is InChI=1S/C22H24N2O5/c1-14(22(28)29)11-18(24-21(27)19(25)13-20(23)26)12-15-7-9-17(10-8-15)16-5-3-2-4-6-16/h2-10,13-14,18,25H,11-12H2,1H3,(H2,23,26)(H,24,27)(H,28,29)/b19-13-/t14-,18+/m1/s1. The fourth-order valence-electron chi connectivity index (χ4n) is 2.93. The second kappa shape index (κ2) is 10.1. The van der Waals surface area contributed by atoms with Gasteiger partial charge >= 0.3 is 5.97 Å². The molecule has 2 rings (SSSR count). The molecule has 0 radical (unpaired) electrons. The minimum absolute atomic E-state index is 0.158. The molecule has 7 nitrogen and oxygen atoms in total. The van der Waals surface area contributed by atoms with Gasteiger partial charge in [-0.15, -0.1) is 0 Å². The van der Waals surface area contributed by atoms with Crippen molar-refractivity contribution in [3.63, 3.8) is 0 Å². The molecule has 0 saturated heterocycles. The minimum Gasteiger partial charge on any atom is -0.503 e. The molecule has 7 heteroatoms. The lowest BCUT2D eigenvalue weighted by atomic mass is 9.95. The Morgan fingerprint density at radius 2 is 1.59 bits per heavy atom. The van der Waals surface area contributed by atoms with Gasteiger partial charge in [-0.25, -0.2) is 0 Å². The molecule has 2 aromatic rings. The van der Waals surface area contributed by atoms with E-state index >= 15 is 0 Å². The van der Waals surface area contributed by atoms with Crippen molar-refractivity contribution in [1.82, 2.24) is 5.32 Å². The van der Waals surface area contributed by atoms with Crippen molar-refractivity contribution in [3.05, 3.63) is 72.0 Å². The second-order valence-corrected chi connectivity index (χ2v) is 6.84. The van der Waals surface area contributed by atoms with E-state index in [0.29, 0.717) is 12.5 Å². The van der Waals surface area contributed by atoms with Crippen LogP contribution in [0.5, 0.6) is 0 Å². The lowest BCUT2D eigenvalue weighted by Crippen LogP contribution is -2.39. The van der Waals surface area contributed by atoms with E-state index in [1.54, 1.807) is 6.92 Å². The zero-order valence-corrected chi connectivity index (χ0v) is 16.0. The third-order valence-electron chi connectivity index (χ3n) is 4.45. The van der Waals surface area contributed by atoms with Crippen molar-refractivity contribution in [2.45, 2.75) is 25.8 Å². The normalized spacial score (nSPS) is 13.3. The number of hydrogen-bond donors (Lipinski definition) is 4. The molecule has 2 atom stereocenters. The number of aliphatic carboxylic acids is 1. The number of carbonyl (C=O) groups is 3. The van der Waals surface area contributed by atoms with E-state index < -0.39 is 35.5 Å². The van der Waals surface area contributed by atoms with Gasteiger partial charge in [0.15, 0.2) is 5.76 Å². The van der Waals surface area contributed by atoms with E-state index in [1.165, 1.54) is 0 Å². The average molecular weight is 396 g/mol. The van der Waals surface area contributed by atoms with Gasteiger partial charge in [-0.2, -0.15) is 0 Å². The number of rotatable bonds is 9. The third kappa shape index (κ3) is 6.80. The fraction of sp³-hybridized carbons (Fsp3) is 0.227. The van der Waals surface area contributed by atoms with E-state index in [-0.39, 0.29) is 6.42 Å². The lowest BCUT2D eigenvalue weighted by Gasteiger charge is -2.21. The van der Waals surface area contributed by atoms with Crippen LogP contribution in [-0.2, 0) is 20.8 Å². The predicted molar refractivity (Wildman–Crippen MR) is 109 cm³/mol. The van der Waals surface area contributed by atoms with Crippen LogP contribution in [0.4, 0.5) is 0 Å². The van der Waals surface area contributed by atoms with Crippen LogP contribution in [0.25, 0.3) is 11.1 Å². The van der Waals surface area contributed by atoms with Crippen LogP contribution in [0.15, 0.2) is 66.4 Å². The molecule has 0 fully saturated rings. The van der Waals surface area contributed by atoms with E-state index in [1.807, 2.05) is 54.6 Å². The van der Waals surface area contributed by atoms with Crippen molar-refractivity contribution in [2.24, 2.45) is 11.7 Å². The topological polar surface area (TPSA) is 130 Å².